The molecule has 116 valence electrons. The average molecular weight is 308 g/mol. The second-order valence-corrected chi connectivity index (χ2v) is 5.54. The minimum atomic E-state index is 0.212. The first-order chi connectivity index (χ1) is 11.4. The molecule has 1 aliphatic heterocycles. The predicted octanol–water partition coefficient (Wildman–Crippen LogP) is 2.31. The van der Waals surface area contributed by atoms with Gasteiger partial charge in [-0.15, -0.1) is 5.10 Å². The summed E-state index contributed by atoms with van der Waals surface area (Å²) >= 11 is 0. The molecule has 3 aromatic heterocycles. The molecule has 23 heavy (non-hydrogen) atoms. The van der Waals surface area contributed by atoms with Gasteiger partial charge in [0.25, 0.3) is 0 Å². The van der Waals surface area contributed by atoms with Crippen molar-refractivity contribution in [2.45, 2.75) is 18.8 Å². The Morgan fingerprint density at radius 2 is 2.13 bits per heavy atom. The molecule has 0 N–H and O–H groups in total. The van der Waals surface area contributed by atoms with Crippen molar-refractivity contribution in [3.8, 4) is 11.5 Å². The molecule has 0 aliphatic carbocycles. The van der Waals surface area contributed by atoms with E-state index in [1.807, 2.05) is 36.5 Å². The van der Waals surface area contributed by atoms with Crippen molar-refractivity contribution < 1.29 is 4.52 Å². The van der Waals surface area contributed by atoms with Crippen molar-refractivity contribution in [1.29, 1.82) is 0 Å². The fraction of sp³-hybridized carbons (Fsp3) is 0.312. The van der Waals surface area contributed by atoms with Gasteiger partial charge in [-0.25, -0.2) is 4.98 Å². The van der Waals surface area contributed by atoms with Crippen molar-refractivity contribution in [3.63, 3.8) is 0 Å². The van der Waals surface area contributed by atoms with Gasteiger partial charge >= 0.3 is 0 Å². The molecule has 0 spiro atoms. The third kappa shape index (κ3) is 2.90. The molecule has 4 rings (SSSR count). The highest BCUT2D eigenvalue weighted by molar-refractivity contribution is 5.46. The molecule has 7 heteroatoms. The highest BCUT2D eigenvalue weighted by Gasteiger charge is 2.27. The first kappa shape index (κ1) is 13.8. The van der Waals surface area contributed by atoms with Crippen LogP contribution in [0.4, 0.5) is 5.82 Å². The van der Waals surface area contributed by atoms with Crippen LogP contribution in [0.3, 0.4) is 0 Å². The van der Waals surface area contributed by atoms with Gasteiger partial charge in [0.15, 0.2) is 0 Å². The van der Waals surface area contributed by atoms with Gasteiger partial charge in [0.05, 0.1) is 5.92 Å². The Morgan fingerprint density at radius 3 is 2.96 bits per heavy atom. The summed E-state index contributed by atoms with van der Waals surface area (Å²) in [5, 5.41) is 11.9. The van der Waals surface area contributed by atoms with Crippen LogP contribution >= 0.6 is 0 Å². The van der Waals surface area contributed by atoms with Crippen LogP contribution in [0.5, 0.6) is 0 Å². The summed E-state index contributed by atoms with van der Waals surface area (Å²) in [6.45, 7) is 1.83. The van der Waals surface area contributed by atoms with E-state index < -0.39 is 0 Å². The fourth-order valence-electron chi connectivity index (χ4n) is 2.85. The molecule has 0 unspecified atom stereocenters. The van der Waals surface area contributed by atoms with Gasteiger partial charge in [-0.1, -0.05) is 11.2 Å². The Kier molecular flexibility index (Phi) is 3.67. The van der Waals surface area contributed by atoms with Crippen LogP contribution < -0.4 is 4.90 Å². The Balaban J connectivity index is 1.53. The van der Waals surface area contributed by atoms with Gasteiger partial charge in [0, 0.05) is 25.5 Å². The minimum absolute atomic E-state index is 0.212. The van der Waals surface area contributed by atoms with Gasteiger partial charge in [0.2, 0.25) is 11.7 Å². The van der Waals surface area contributed by atoms with E-state index in [0.29, 0.717) is 17.4 Å². The van der Waals surface area contributed by atoms with Crippen LogP contribution in [0.15, 0.2) is 47.2 Å². The highest BCUT2D eigenvalue weighted by atomic mass is 16.5. The zero-order valence-electron chi connectivity index (χ0n) is 12.5. The van der Waals surface area contributed by atoms with Crippen LogP contribution in [0.25, 0.3) is 11.5 Å². The maximum Gasteiger partial charge on any atom is 0.231 e. The van der Waals surface area contributed by atoms with E-state index in [2.05, 4.69) is 30.2 Å². The Labute approximate surface area is 133 Å². The lowest BCUT2D eigenvalue weighted by atomic mass is 9.98. The average Bonchev–Trinajstić information content (AvgIpc) is 3.14. The van der Waals surface area contributed by atoms with Crippen molar-refractivity contribution >= 4 is 5.82 Å². The maximum absolute atomic E-state index is 5.47. The second-order valence-electron chi connectivity index (χ2n) is 5.54. The third-order valence-electron chi connectivity index (χ3n) is 3.99. The SMILES string of the molecule is c1ccc(N2CCC[C@H](c3nc(-c4cccnn4)no3)C2)nc1. The van der Waals surface area contributed by atoms with E-state index in [9.17, 15) is 0 Å². The van der Waals surface area contributed by atoms with Crippen molar-refractivity contribution in [3.05, 3.63) is 48.6 Å². The number of aromatic nitrogens is 5. The first-order valence-corrected chi connectivity index (χ1v) is 7.68. The molecule has 3 aromatic rings. The standard InChI is InChI=1S/C16H16N6O/c1-2-8-17-14(7-1)22-10-4-5-12(11-22)16-19-15(21-23-16)13-6-3-9-18-20-13/h1-3,6-9,12H,4-5,10-11H2/t12-/m0/s1. The molecule has 4 heterocycles. The molecule has 7 nitrogen and oxygen atoms in total. The lowest BCUT2D eigenvalue weighted by Gasteiger charge is -2.31. The van der Waals surface area contributed by atoms with Crippen molar-refractivity contribution in [2.75, 3.05) is 18.0 Å². The third-order valence-corrected chi connectivity index (χ3v) is 3.99. The topological polar surface area (TPSA) is 80.8 Å². The molecule has 1 fully saturated rings. The minimum Gasteiger partial charge on any atom is -0.356 e. The van der Waals surface area contributed by atoms with Crippen LogP contribution in [0, 0.1) is 0 Å². The maximum atomic E-state index is 5.47. The Hall–Kier alpha value is -2.83. The second kappa shape index (κ2) is 6.12. The van der Waals surface area contributed by atoms with Gasteiger partial charge in [-0.05, 0) is 37.1 Å². The molecule has 1 saturated heterocycles. The van der Waals surface area contributed by atoms with Gasteiger partial charge in [-0.3, -0.25) is 0 Å². The van der Waals surface area contributed by atoms with Gasteiger partial charge in [0.1, 0.15) is 11.5 Å². The normalized spacial score (nSPS) is 18.1. The molecule has 1 atom stereocenters. The first-order valence-electron chi connectivity index (χ1n) is 7.68. The molecular formula is C16H16N6O. The largest absolute Gasteiger partial charge is 0.356 e. The van der Waals surface area contributed by atoms with E-state index in [0.717, 1.165) is 31.7 Å². The van der Waals surface area contributed by atoms with Crippen LogP contribution in [0.2, 0.25) is 0 Å². The Morgan fingerprint density at radius 1 is 1.13 bits per heavy atom. The van der Waals surface area contributed by atoms with E-state index in [-0.39, 0.29) is 5.92 Å². The monoisotopic (exact) mass is 308 g/mol. The fourth-order valence-corrected chi connectivity index (χ4v) is 2.85. The zero-order chi connectivity index (χ0) is 15.5. The summed E-state index contributed by atoms with van der Waals surface area (Å²) in [6, 6.07) is 9.59. The van der Waals surface area contributed by atoms with Crippen LogP contribution in [-0.4, -0.2) is 38.4 Å². The molecule has 0 saturated carbocycles. The smallest absolute Gasteiger partial charge is 0.231 e. The van der Waals surface area contributed by atoms with Crippen molar-refractivity contribution in [1.82, 2.24) is 25.3 Å². The summed E-state index contributed by atoms with van der Waals surface area (Å²) in [4.78, 5) is 11.2. The lowest BCUT2D eigenvalue weighted by molar-refractivity contribution is 0.333. The van der Waals surface area contributed by atoms with Gasteiger partial charge < -0.3 is 9.42 Å². The van der Waals surface area contributed by atoms with Crippen LogP contribution in [-0.2, 0) is 0 Å². The van der Waals surface area contributed by atoms with E-state index in [1.54, 1.807) is 6.20 Å². The Bertz CT molecular complexity index is 761. The van der Waals surface area contributed by atoms with Crippen molar-refractivity contribution in [2.24, 2.45) is 0 Å². The number of piperidine rings is 1. The number of nitrogens with zero attached hydrogens (tertiary/aromatic N) is 6. The lowest BCUT2D eigenvalue weighted by Crippen LogP contribution is -2.35. The number of pyridine rings is 1. The predicted molar refractivity (Wildman–Crippen MR) is 83.7 cm³/mol. The molecule has 0 amide bonds. The van der Waals surface area contributed by atoms with E-state index >= 15 is 0 Å². The number of anilines is 1. The van der Waals surface area contributed by atoms with E-state index in [4.69, 9.17) is 4.52 Å². The highest BCUT2D eigenvalue weighted by Crippen LogP contribution is 2.29. The summed E-state index contributed by atoms with van der Waals surface area (Å²) in [7, 11) is 0. The number of hydrogen-bond acceptors (Lipinski definition) is 7. The number of rotatable bonds is 3. The van der Waals surface area contributed by atoms with Gasteiger partial charge in [-0.2, -0.15) is 10.1 Å². The van der Waals surface area contributed by atoms with E-state index in [1.165, 1.54) is 0 Å². The summed E-state index contributed by atoms with van der Waals surface area (Å²) < 4.78 is 5.47. The van der Waals surface area contributed by atoms with Crippen LogP contribution in [0.1, 0.15) is 24.7 Å². The zero-order valence-corrected chi connectivity index (χ0v) is 12.5. The molecular weight excluding hydrogens is 292 g/mol. The molecule has 1 aliphatic rings. The quantitative estimate of drug-likeness (QED) is 0.734. The molecule has 0 bridgehead atoms. The molecule has 0 aromatic carbocycles. The molecule has 0 radical (unpaired) electrons. The summed E-state index contributed by atoms with van der Waals surface area (Å²) in [5.41, 5.74) is 0.625. The summed E-state index contributed by atoms with van der Waals surface area (Å²) in [6.07, 6.45) is 5.55. The number of hydrogen-bond donors (Lipinski definition) is 0. The summed E-state index contributed by atoms with van der Waals surface area (Å²) in [5.74, 6) is 2.35.